The monoisotopic (exact) mass is 259 g/mol. The summed E-state index contributed by atoms with van der Waals surface area (Å²) in [5, 5.41) is 14.0. The molecule has 4 rings (SSSR count). The van der Waals surface area contributed by atoms with Gasteiger partial charge in [-0.1, -0.05) is 44.2 Å². The van der Waals surface area contributed by atoms with Gasteiger partial charge < -0.3 is 10.4 Å². The van der Waals surface area contributed by atoms with Crippen LogP contribution in [0.5, 0.6) is 0 Å². The van der Waals surface area contributed by atoms with E-state index >= 15 is 0 Å². The molecule has 19 heavy (non-hydrogen) atoms. The van der Waals surface area contributed by atoms with Crippen molar-refractivity contribution in [2.75, 3.05) is 6.54 Å². The van der Waals surface area contributed by atoms with Gasteiger partial charge >= 0.3 is 0 Å². The summed E-state index contributed by atoms with van der Waals surface area (Å²) < 4.78 is 0. The maximum absolute atomic E-state index is 10.5. The third-order valence-corrected chi connectivity index (χ3v) is 5.61. The van der Waals surface area contributed by atoms with Crippen LogP contribution in [0.25, 0.3) is 0 Å². The highest BCUT2D eigenvalue weighted by Crippen LogP contribution is 2.60. The number of aliphatic hydroxyl groups is 1. The van der Waals surface area contributed by atoms with Crippen LogP contribution in [0.4, 0.5) is 0 Å². The van der Waals surface area contributed by atoms with Gasteiger partial charge in [-0.05, 0) is 41.6 Å². The predicted molar refractivity (Wildman–Crippen MR) is 77.6 cm³/mol. The van der Waals surface area contributed by atoms with Gasteiger partial charge in [0.1, 0.15) is 0 Å². The summed E-state index contributed by atoms with van der Waals surface area (Å²) >= 11 is 0. The Balaban J connectivity index is 1.50. The van der Waals surface area contributed by atoms with E-state index < -0.39 is 0 Å². The molecule has 2 nitrogen and oxygen atoms in total. The average Bonchev–Trinajstić information content (AvgIpc) is 2.41. The third-order valence-electron chi connectivity index (χ3n) is 5.61. The zero-order valence-corrected chi connectivity index (χ0v) is 12.0. The van der Waals surface area contributed by atoms with Crippen molar-refractivity contribution in [2.45, 2.75) is 39.3 Å². The molecular weight excluding hydrogens is 234 g/mol. The Hall–Kier alpha value is -0.860. The van der Waals surface area contributed by atoms with Gasteiger partial charge in [-0.3, -0.25) is 0 Å². The van der Waals surface area contributed by atoms with Crippen molar-refractivity contribution in [2.24, 2.45) is 23.2 Å². The normalized spacial score (nSPS) is 35.7. The van der Waals surface area contributed by atoms with Crippen LogP contribution in [0, 0.1) is 23.2 Å². The highest BCUT2D eigenvalue weighted by Gasteiger charge is 2.57. The minimum Gasteiger partial charge on any atom is -0.392 e. The molecule has 0 radical (unpaired) electrons. The van der Waals surface area contributed by atoms with Gasteiger partial charge in [-0.15, -0.1) is 0 Å². The molecule has 3 aliphatic rings. The molecule has 4 atom stereocenters. The van der Waals surface area contributed by atoms with Crippen molar-refractivity contribution in [3.8, 4) is 0 Å². The Morgan fingerprint density at radius 2 is 1.95 bits per heavy atom. The molecule has 2 bridgehead atoms. The lowest BCUT2D eigenvalue weighted by atomic mass is 9.45. The van der Waals surface area contributed by atoms with E-state index in [2.05, 4.69) is 43.4 Å². The fourth-order valence-electron chi connectivity index (χ4n) is 4.07. The standard InChI is InChI=1S/C17H25NO/c1-17(2)14-8-13(16(19)15(17)9-14)11-18-10-12-6-4-3-5-7-12/h3-7,13-16,18-19H,8-11H2,1-2H3/t13-,14-,15-,16+/m0/s1. The molecule has 104 valence electrons. The Morgan fingerprint density at radius 1 is 1.21 bits per heavy atom. The quantitative estimate of drug-likeness (QED) is 0.871. The van der Waals surface area contributed by atoms with E-state index in [1.165, 1.54) is 18.4 Å². The number of fused-ring (bicyclic) bond motifs is 2. The largest absolute Gasteiger partial charge is 0.392 e. The molecule has 2 heteroatoms. The summed E-state index contributed by atoms with van der Waals surface area (Å²) in [6.07, 6.45) is 2.32. The van der Waals surface area contributed by atoms with Gasteiger partial charge in [0, 0.05) is 13.1 Å². The number of hydrogen-bond donors (Lipinski definition) is 2. The zero-order valence-electron chi connectivity index (χ0n) is 12.0. The van der Waals surface area contributed by atoms with Crippen LogP contribution in [0.1, 0.15) is 32.3 Å². The molecular formula is C17H25NO. The number of hydrogen-bond acceptors (Lipinski definition) is 2. The third kappa shape index (κ3) is 2.32. The van der Waals surface area contributed by atoms with Crippen LogP contribution >= 0.6 is 0 Å². The van der Waals surface area contributed by atoms with Gasteiger partial charge in [0.15, 0.2) is 0 Å². The molecule has 0 amide bonds. The summed E-state index contributed by atoms with van der Waals surface area (Å²) in [5.74, 6) is 1.79. The second kappa shape index (κ2) is 4.92. The van der Waals surface area contributed by atoms with Crippen LogP contribution in [0.2, 0.25) is 0 Å². The van der Waals surface area contributed by atoms with E-state index in [1.54, 1.807) is 0 Å². The molecule has 0 spiro atoms. The Morgan fingerprint density at radius 3 is 2.58 bits per heavy atom. The average molecular weight is 259 g/mol. The highest BCUT2D eigenvalue weighted by molar-refractivity contribution is 5.14. The molecule has 3 aliphatic carbocycles. The molecule has 3 fully saturated rings. The maximum atomic E-state index is 10.5. The summed E-state index contributed by atoms with van der Waals surface area (Å²) in [4.78, 5) is 0. The van der Waals surface area contributed by atoms with Gasteiger partial charge in [0.2, 0.25) is 0 Å². The smallest absolute Gasteiger partial charge is 0.0614 e. The second-order valence-electron chi connectivity index (χ2n) is 6.96. The molecule has 1 aromatic rings. The highest BCUT2D eigenvalue weighted by atomic mass is 16.3. The topological polar surface area (TPSA) is 32.3 Å². The van der Waals surface area contributed by atoms with E-state index in [1.807, 2.05) is 6.07 Å². The molecule has 0 heterocycles. The van der Waals surface area contributed by atoms with Crippen LogP contribution in [0.15, 0.2) is 30.3 Å². The lowest BCUT2D eigenvalue weighted by molar-refractivity contribution is -0.168. The lowest BCUT2D eigenvalue weighted by Gasteiger charge is -2.61. The number of aliphatic hydroxyl groups excluding tert-OH is 1. The number of rotatable bonds is 4. The molecule has 3 saturated carbocycles. The molecule has 1 aromatic carbocycles. The van der Waals surface area contributed by atoms with Gasteiger partial charge in [-0.2, -0.15) is 0 Å². The van der Waals surface area contributed by atoms with E-state index in [-0.39, 0.29) is 6.10 Å². The van der Waals surface area contributed by atoms with Crippen molar-refractivity contribution in [3.63, 3.8) is 0 Å². The van der Waals surface area contributed by atoms with Gasteiger partial charge in [0.25, 0.3) is 0 Å². The van der Waals surface area contributed by atoms with Crippen LogP contribution in [-0.2, 0) is 6.54 Å². The summed E-state index contributed by atoms with van der Waals surface area (Å²) in [6, 6.07) is 10.5. The zero-order chi connectivity index (χ0) is 13.5. The predicted octanol–water partition coefficient (Wildman–Crippen LogP) is 2.82. The van der Waals surface area contributed by atoms with E-state index in [9.17, 15) is 5.11 Å². The fraction of sp³-hybridized carbons (Fsp3) is 0.647. The van der Waals surface area contributed by atoms with Crippen molar-refractivity contribution in [3.05, 3.63) is 35.9 Å². The first-order valence-electron chi connectivity index (χ1n) is 7.51. The Labute approximate surface area is 116 Å². The van der Waals surface area contributed by atoms with Gasteiger partial charge in [-0.25, -0.2) is 0 Å². The second-order valence-corrected chi connectivity index (χ2v) is 6.96. The first-order chi connectivity index (χ1) is 9.09. The van der Waals surface area contributed by atoms with Crippen molar-refractivity contribution in [1.29, 1.82) is 0 Å². The minimum absolute atomic E-state index is 0.108. The lowest BCUT2D eigenvalue weighted by Crippen LogP contribution is -2.59. The summed E-state index contributed by atoms with van der Waals surface area (Å²) in [5.41, 5.74) is 1.69. The number of nitrogens with one attached hydrogen (secondary N) is 1. The van der Waals surface area contributed by atoms with Crippen molar-refractivity contribution in [1.82, 2.24) is 5.32 Å². The van der Waals surface area contributed by atoms with E-state index in [0.29, 0.717) is 17.3 Å². The Kier molecular flexibility index (Phi) is 3.40. The van der Waals surface area contributed by atoms with Crippen molar-refractivity contribution >= 4 is 0 Å². The molecule has 0 aromatic heterocycles. The number of benzene rings is 1. The molecule has 0 unspecified atom stereocenters. The Bertz CT molecular complexity index is 428. The van der Waals surface area contributed by atoms with E-state index in [0.717, 1.165) is 19.0 Å². The van der Waals surface area contributed by atoms with Crippen LogP contribution in [-0.4, -0.2) is 17.8 Å². The minimum atomic E-state index is -0.108. The maximum Gasteiger partial charge on any atom is 0.0614 e. The molecule has 0 saturated heterocycles. The molecule has 0 aliphatic heterocycles. The fourth-order valence-corrected chi connectivity index (χ4v) is 4.07. The van der Waals surface area contributed by atoms with Crippen molar-refractivity contribution < 1.29 is 5.11 Å². The summed E-state index contributed by atoms with van der Waals surface area (Å²) in [7, 11) is 0. The summed E-state index contributed by atoms with van der Waals surface area (Å²) in [6.45, 7) is 6.49. The molecule has 2 N–H and O–H groups in total. The van der Waals surface area contributed by atoms with Crippen LogP contribution in [0.3, 0.4) is 0 Å². The van der Waals surface area contributed by atoms with E-state index in [4.69, 9.17) is 0 Å². The first kappa shape index (κ1) is 13.1. The SMILES string of the molecule is CC1(C)[C@H]2C[C@@H](CNCc3ccccc3)[C@@H](O)[C@@H]1C2. The first-order valence-corrected chi connectivity index (χ1v) is 7.51. The van der Waals surface area contributed by atoms with Crippen LogP contribution < -0.4 is 5.32 Å². The van der Waals surface area contributed by atoms with Gasteiger partial charge in [0.05, 0.1) is 6.10 Å².